The molecule has 2 aromatic rings. The van der Waals surface area contributed by atoms with Crippen molar-refractivity contribution in [3.63, 3.8) is 0 Å². The van der Waals surface area contributed by atoms with Gasteiger partial charge in [-0.25, -0.2) is 4.79 Å². The number of aryl methyl sites for hydroxylation is 2. The van der Waals surface area contributed by atoms with E-state index in [9.17, 15) is 9.90 Å². The summed E-state index contributed by atoms with van der Waals surface area (Å²) in [6, 6.07) is 11.0. The van der Waals surface area contributed by atoms with Crippen molar-refractivity contribution in [1.82, 2.24) is 9.88 Å². The third-order valence-electron chi connectivity index (χ3n) is 4.39. The number of ether oxygens (including phenoxy) is 1. The fourth-order valence-electron chi connectivity index (χ4n) is 3.10. The van der Waals surface area contributed by atoms with E-state index in [4.69, 9.17) is 4.74 Å². The Balaban J connectivity index is 2.05. The minimum Gasteiger partial charge on any atom is -0.462 e. The molecule has 0 amide bonds. The average molecular weight is 326 g/mol. The normalized spacial score (nSPS) is 19.3. The summed E-state index contributed by atoms with van der Waals surface area (Å²) in [5, 5.41) is 11.5. The molecule has 126 valence electrons. The minimum absolute atomic E-state index is 0.228. The molecule has 5 nitrogen and oxygen atoms in total. The monoisotopic (exact) mass is 326 g/mol. The smallest absolute Gasteiger partial charge is 0.347 e. The predicted molar refractivity (Wildman–Crippen MR) is 90.6 cm³/mol. The van der Waals surface area contributed by atoms with E-state index in [0.717, 1.165) is 17.7 Å². The molecule has 1 N–H and O–H groups in total. The summed E-state index contributed by atoms with van der Waals surface area (Å²) in [6.07, 6.45) is 3.10. The average Bonchev–Trinajstić information content (AvgIpc) is 2.71. The molecule has 0 saturated carbocycles. The first-order chi connectivity index (χ1) is 11.5. The standard InChI is InChI=1S/C19H22N2O3/c1-21(2)12-13-24-18(22)19(23)15-7-4-3-6-14(15)9-10-17-16(19)8-5-11-20-17/h3-8,11,23H,9-10,12-13H2,1-2H3. The number of esters is 1. The molecule has 1 aliphatic rings. The first kappa shape index (κ1) is 16.6. The van der Waals surface area contributed by atoms with Crippen molar-refractivity contribution in [2.45, 2.75) is 18.4 Å². The van der Waals surface area contributed by atoms with E-state index in [1.807, 2.05) is 37.2 Å². The maximum atomic E-state index is 12.9. The Morgan fingerprint density at radius 2 is 1.96 bits per heavy atom. The molecule has 24 heavy (non-hydrogen) atoms. The fourth-order valence-corrected chi connectivity index (χ4v) is 3.10. The number of hydrogen-bond acceptors (Lipinski definition) is 5. The number of likely N-dealkylation sites (N-methyl/N-ethyl adjacent to an activating group) is 1. The van der Waals surface area contributed by atoms with Crippen molar-refractivity contribution < 1.29 is 14.6 Å². The van der Waals surface area contributed by atoms with Gasteiger partial charge in [-0.15, -0.1) is 0 Å². The van der Waals surface area contributed by atoms with Gasteiger partial charge in [-0.3, -0.25) is 4.98 Å². The van der Waals surface area contributed by atoms with Gasteiger partial charge in [-0.05, 0) is 38.6 Å². The quantitative estimate of drug-likeness (QED) is 0.863. The lowest BCUT2D eigenvalue weighted by atomic mass is 9.84. The zero-order valence-electron chi connectivity index (χ0n) is 14.0. The van der Waals surface area contributed by atoms with E-state index in [-0.39, 0.29) is 6.61 Å². The second kappa shape index (κ2) is 6.71. The molecule has 1 aromatic heterocycles. The van der Waals surface area contributed by atoms with Gasteiger partial charge in [0.1, 0.15) is 6.61 Å². The van der Waals surface area contributed by atoms with Gasteiger partial charge in [0.25, 0.3) is 0 Å². The highest BCUT2D eigenvalue weighted by Crippen LogP contribution is 2.38. The second-order valence-electron chi connectivity index (χ2n) is 6.30. The van der Waals surface area contributed by atoms with Crippen molar-refractivity contribution in [2.75, 3.05) is 27.2 Å². The van der Waals surface area contributed by atoms with E-state index in [0.29, 0.717) is 24.1 Å². The molecule has 1 unspecified atom stereocenters. The Kier molecular flexibility index (Phi) is 4.64. The predicted octanol–water partition coefficient (Wildman–Crippen LogP) is 1.52. The second-order valence-corrected chi connectivity index (χ2v) is 6.30. The van der Waals surface area contributed by atoms with E-state index in [1.165, 1.54) is 0 Å². The van der Waals surface area contributed by atoms with Crippen LogP contribution in [-0.4, -0.2) is 48.2 Å². The lowest BCUT2D eigenvalue weighted by Crippen LogP contribution is -2.40. The van der Waals surface area contributed by atoms with Crippen LogP contribution in [0.4, 0.5) is 0 Å². The van der Waals surface area contributed by atoms with E-state index >= 15 is 0 Å². The summed E-state index contributed by atoms with van der Waals surface area (Å²) in [5.41, 5.74) is 0.975. The summed E-state index contributed by atoms with van der Waals surface area (Å²) in [6.45, 7) is 0.829. The maximum absolute atomic E-state index is 12.9. The highest BCUT2D eigenvalue weighted by atomic mass is 16.5. The van der Waals surface area contributed by atoms with Crippen LogP contribution < -0.4 is 0 Å². The summed E-state index contributed by atoms with van der Waals surface area (Å²) in [7, 11) is 3.81. The van der Waals surface area contributed by atoms with Gasteiger partial charge in [0.15, 0.2) is 0 Å². The summed E-state index contributed by atoms with van der Waals surface area (Å²) in [5.74, 6) is -0.645. The topological polar surface area (TPSA) is 62.7 Å². The Hall–Kier alpha value is -2.24. The van der Waals surface area contributed by atoms with Gasteiger partial charge in [-0.2, -0.15) is 0 Å². The molecule has 0 bridgehead atoms. The maximum Gasteiger partial charge on any atom is 0.347 e. The van der Waals surface area contributed by atoms with Crippen LogP contribution in [0.1, 0.15) is 22.4 Å². The van der Waals surface area contributed by atoms with Gasteiger partial charge < -0.3 is 14.7 Å². The lowest BCUT2D eigenvalue weighted by Gasteiger charge is -2.28. The number of rotatable bonds is 4. The molecule has 0 radical (unpaired) electrons. The molecule has 1 aromatic carbocycles. The van der Waals surface area contributed by atoms with Crippen LogP contribution in [0, 0.1) is 0 Å². The zero-order valence-corrected chi connectivity index (χ0v) is 14.0. The minimum atomic E-state index is -1.82. The van der Waals surface area contributed by atoms with Crippen molar-refractivity contribution in [2.24, 2.45) is 0 Å². The molecule has 0 fully saturated rings. The lowest BCUT2D eigenvalue weighted by molar-refractivity contribution is -0.162. The highest BCUT2D eigenvalue weighted by Gasteiger charge is 2.46. The van der Waals surface area contributed by atoms with Crippen LogP contribution in [0.25, 0.3) is 0 Å². The number of benzene rings is 1. The summed E-state index contributed by atoms with van der Waals surface area (Å²) >= 11 is 0. The Bertz CT molecular complexity index is 695. The number of aromatic nitrogens is 1. The number of fused-ring (bicyclic) bond motifs is 2. The molecule has 5 heteroatoms. The SMILES string of the molecule is CN(C)CCOC(=O)C1(O)c2ccccc2CCc2ncccc21. The number of pyridine rings is 1. The molecule has 0 saturated heterocycles. The van der Waals surface area contributed by atoms with Gasteiger partial charge in [-0.1, -0.05) is 30.3 Å². The van der Waals surface area contributed by atoms with E-state index < -0.39 is 11.6 Å². The Morgan fingerprint density at radius 1 is 1.21 bits per heavy atom. The molecule has 0 spiro atoms. The number of hydrogen-bond donors (Lipinski definition) is 1. The van der Waals surface area contributed by atoms with Crippen molar-refractivity contribution in [3.05, 3.63) is 65.0 Å². The number of carbonyl (C=O) groups is 1. The van der Waals surface area contributed by atoms with Gasteiger partial charge in [0.2, 0.25) is 5.60 Å². The third kappa shape index (κ3) is 2.92. The number of carbonyl (C=O) groups excluding carboxylic acids is 1. The molecular formula is C19H22N2O3. The molecule has 1 aliphatic carbocycles. The van der Waals surface area contributed by atoms with Crippen molar-refractivity contribution in [1.29, 1.82) is 0 Å². The third-order valence-corrected chi connectivity index (χ3v) is 4.39. The summed E-state index contributed by atoms with van der Waals surface area (Å²) in [4.78, 5) is 19.2. The molecule has 1 heterocycles. The molecule has 3 rings (SSSR count). The van der Waals surface area contributed by atoms with E-state index in [1.54, 1.807) is 24.4 Å². The Morgan fingerprint density at radius 3 is 2.75 bits per heavy atom. The largest absolute Gasteiger partial charge is 0.462 e. The number of aliphatic hydroxyl groups is 1. The molecular weight excluding hydrogens is 304 g/mol. The van der Waals surface area contributed by atoms with Gasteiger partial charge >= 0.3 is 5.97 Å². The first-order valence-corrected chi connectivity index (χ1v) is 8.10. The van der Waals surface area contributed by atoms with Crippen LogP contribution in [0.2, 0.25) is 0 Å². The van der Waals surface area contributed by atoms with Crippen molar-refractivity contribution in [3.8, 4) is 0 Å². The molecule has 0 aliphatic heterocycles. The van der Waals surface area contributed by atoms with Gasteiger partial charge in [0, 0.05) is 29.6 Å². The zero-order chi connectivity index (χ0) is 17.2. The Labute approximate surface area is 141 Å². The van der Waals surface area contributed by atoms with Crippen LogP contribution >= 0.6 is 0 Å². The van der Waals surface area contributed by atoms with Gasteiger partial charge in [0.05, 0.1) is 0 Å². The van der Waals surface area contributed by atoms with E-state index in [2.05, 4.69) is 4.98 Å². The molecule has 1 atom stereocenters. The highest BCUT2D eigenvalue weighted by molar-refractivity contribution is 5.86. The van der Waals surface area contributed by atoms with Crippen molar-refractivity contribution >= 4 is 5.97 Å². The van der Waals surface area contributed by atoms with Crippen LogP contribution in [-0.2, 0) is 28.0 Å². The van der Waals surface area contributed by atoms with Crippen LogP contribution in [0.3, 0.4) is 0 Å². The van der Waals surface area contributed by atoms with Crippen LogP contribution in [0.15, 0.2) is 42.6 Å². The van der Waals surface area contributed by atoms with Crippen LogP contribution in [0.5, 0.6) is 0 Å². The first-order valence-electron chi connectivity index (χ1n) is 8.10. The fraction of sp³-hybridized carbons (Fsp3) is 0.368. The number of nitrogens with zero attached hydrogens (tertiary/aromatic N) is 2. The summed E-state index contributed by atoms with van der Waals surface area (Å²) < 4.78 is 5.41.